The Labute approximate surface area is 169 Å². The molecule has 0 spiro atoms. The number of ether oxygens (including phenoxy) is 1. The van der Waals surface area contributed by atoms with E-state index < -0.39 is 4.92 Å². The number of nitro benzene ring substituents is 1. The van der Waals surface area contributed by atoms with Crippen LogP contribution >= 0.6 is 11.6 Å². The van der Waals surface area contributed by atoms with Crippen molar-refractivity contribution in [3.63, 3.8) is 0 Å². The molecule has 6 nitrogen and oxygen atoms in total. The number of carbonyl (C=O) groups excluding carboxylic acids is 1. The number of halogens is 1. The van der Waals surface area contributed by atoms with E-state index in [2.05, 4.69) is 12.1 Å². The van der Waals surface area contributed by atoms with Crippen molar-refractivity contribution in [2.75, 3.05) is 20.2 Å². The average molecular weight is 403 g/mol. The molecular formula is C21H23ClN2O4. The third kappa shape index (κ3) is 4.81. The molecule has 1 aliphatic heterocycles. The smallest absolute Gasteiger partial charge is 0.282 e. The Morgan fingerprint density at radius 3 is 2.50 bits per heavy atom. The van der Waals surface area contributed by atoms with E-state index in [1.165, 1.54) is 23.8 Å². The second-order valence-electron chi connectivity index (χ2n) is 7.04. The quantitative estimate of drug-likeness (QED) is 0.516. The standard InChI is InChI=1S/C21H23ClN2O4/c1-28-18-7-4-15(5-8-18)2-3-16-10-12-23(13-11-16)21(25)19-14-17(22)6-9-20(19)24(26)27/h4-9,14,16H,2-3,10-13H2,1H3. The molecule has 0 bridgehead atoms. The first-order chi connectivity index (χ1) is 13.5. The minimum absolute atomic E-state index is 0.0641. The van der Waals surface area contributed by atoms with E-state index >= 15 is 0 Å². The van der Waals surface area contributed by atoms with Crippen LogP contribution in [0.15, 0.2) is 42.5 Å². The van der Waals surface area contributed by atoms with Crippen molar-refractivity contribution in [1.29, 1.82) is 0 Å². The van der Waals surface area contributed by atoms with Crippen molar-refractivity contribution < 1.29 is 14.5 Å². The second-order valence-corrected chi connectivity index (χ2v) is 7.48. The lowest BCUT2D eigenvalue weighted by atomic mass is 9.90. The summed E-state index contributed by atoms with van der Waals surface area (Å²) in [5.41, 5.74) is 1.14. The summed E-state index contributed by atoms with van der Waals surface area (Å²) in [6.07, 6.45) is 3.85. The van der Waals surface area contributed by atoms with E-state index in [1.54, 1.807) is 12.0 Å². The molecule has 0 unspecified atom stereocenters. The molecule has 0 radical (unpaired) electrons. The first kappa shape index (κ1) is 20.1. The van der Waals surface area contributed by atoms with Gasteiger partial charge in [-0.1, -0.05) is 23.7 Å². The zero-order valence-electron chi connectivity index (χ0n) is 15.8. The van der Waals surface area contributed by atoms with Crippen LogP contribution in [0.3, 0.4) is 0 Å². The van der Waals surface area contributed by atoms with Gasteiger partial charge in [0.15, 0.2) is 0 Å². The van der Waals surface area contributed by atoms with Crippen molar-refractivity contribution in [1.82, 2.24) is 4.90 Å². The third-order valence-electron chi connectivity index (χ3n) is 5.29. The topological polar surface area (TPSA) is 72.7 Å². The molecule has 28 heavy (non-hydrogen) atoms. The van der Waals surface area contributed by atoms with E-state index in [1.807, 2.05) is 12.1 Å². The number of carbonyl (C=O) groups is 1. The van der Waals surface area contributed by atoms with E-state index in [0.717, 1.165) is 31.4 Å². The van der Waals surface area contributed by atoms with Gasteiger partial charge in [0.1, 0.15) is 11.3 Å². The number of amides is 1. The molecule has 1 fully saturated rings. The summed E-state index contributed by atoms with van der Waals surface area (Å²) in [5.74, 6) is 1.08. The molecule has 0 atom stereocenters. The van der Waals surface area contributed by atoms with Crippen molar-refractivity contribution >= 4 is 23.2 Å². The molecule has 0 saturated carbocycles. The Hall–Kier alpha value is -2.60. The maximum absolute atomic E-state index is 12.8. The van der Waals surface area contributed by atoms with Gasteiger partial charge in [0.2, 0.25) is 0 Å². The normalized spacial score (nSPS) is 14.7. The number of likely N-dealkylation sites (tertiary alicyclic amines) is 1. The van der Waals surface area contributed by atoms with E-state index in [-0.39, 0.29) is 17.2 Å². The van der Waals surface area contributed by atoms with E-state index in [4.69, 9.17) is 16.3 Å². The Morgan fingerprint density at radius 2 is 1.89 bits per heavy atom. The van der Waals surface area contributed by atoms with Gasteiger partial charge in [-0.3, -0.25) is 14.9 Å². The minimum Gasteiger partial charge on any atom is -0.497 e. The number of benzene rings is 2. The molecule has 3 rings (SSSR count). The number of hydrogen-bond acceptors (Lipinski definition) is 4. The average Bonchev–Trinajstić information content (AvgIpc) is 2.72. The highest BCUT2D eigenvalue weighted by Gasteiger charge is 2.28. The largest absolute Gasteiger partial charge is 0.497 e. The fraction of sp³-hybridized carbons (Fsp3) is 0.381. The van der Waals surface area contributed by atoms with Crippen LogP contribution in [0.4, 0.5) is 5.69 Å². The SMILES string of the molecule is COc1ccc(CCC2CCN(C(=O)c3cc(Cl)ccc3[N+](=O)[O-])CC2)cc1. The maximum atomic E-state index is 12.8. The fourth-order valence-electron chi connectivity index (χ4n) is 3.60. The first-order valence-corrected chi connectivity index (χ1v) is 9.72. The maximum Gasteiger partial charge on any atom is 0.282 e. The summed E-state index contributed by atoms with van der Waals surface area (Å²) in [6, 6.07) is 12.2. The third-order valence-corrected chi connectivity index (χ3v) is 5.52. The van der Waals surface area contributed by atoms with Crippen LogP contribution in [0.2, 0.25) is 5.02 Å². The Balaban J connectivity index is 1.55. The zero-order valence-corrected chi connectivity index (χ0v) is 16.5. The van der Waals surface area contributed by atoms with Gasteiger partial charge >= 0.3 is 0 Å². The summed E-state index contributed by atoms with van der Waals surface area (Å²) in [4.78, 5) is 25.2. The molecule has 0 aliphatic carbocycles. The second kappa shape index (κ2) is 9.06. The molecule has 2 aromatic carbocycles. The minimum atomic E-state index is -0.537. The summed E-state index contributed by atoms with van der Waals surface area (Å²) < 4.78 is 5.18. The molecular weight excluding hydrogens is 380 g/mol. The van der Waals surface area contributed by atoms with Crippen LogP contribution in [0.25, 0.3) is 0 Å². The zero-order chi connectivity index (χ0) is 20.1. The van der Waals surface area contributed by atoms with E-state index in [0.29, 0.717) is 24.0 Å². The molecule has 1 saturated heterocycles. The lowest BCUT2D eigenvalue weighted by Crippen LogP contribution is -2.38. The number of aryl methyl sites for hydroxylation is 1. The van der Waals surface area contributed by atoms with Crippen molar-refractivity contribution in [3.05, 3.63) is 68.7 Å². The lowest BCUT2D eigenvalue weighted by molar-refractivity contribution is -0.385. The molecule has 0 aromatic heterocycles. The van der Waals surface area contributed by atoms with Gasteiger partial charge in [0.05, 0.1) is 12.0 Å². The van der Waals surface area contributed by atoms with Crippen LogP contribution in [0, 0.1) is 16.0 Å². The predicted octanol–water partition coefficient (Wildman–Crippen LogP) is 4.74. The van der Waals surface area contributed by atoms with Gasteiger partial charge in [0.25, 0.3) is 11.6 Å². The van der Waals surface area contributed by atoms with Crippen molar-refractivity contribution in [2.24, 2.45) is 5.92 Å². The van der Waals surface area contributed by atoms with Gasteiger partial charge in [-0.25, -0.2) is 0 Å². The summed E-state index contributed by atoms with van der Waals surface area (Å²) in [5, 5.41) is 11.5. The van der Waals surface area contributed by atoms with Crippen LogP contribution in [0.5, 0.6) is 5.75 Å². The van der Waals surface area contributed by atoms with Gasteiger partial charge in [0, 0.05) is 24.2 Å². The van der Waals surface area contributed by atoms with Gasteiger partial charge < -0.3 is 9.64 Å². The van der Waals surface area contributed by atoms with Gasteiger partial charge in [-0.2, -0.15) is 0 Å². The lowest BCUT2D eigenvalue weighted by Gasteiger charge is -2.32. The van der Waals surface area contributed by atoms with Crippen LogP contribution in [0.1, 0.15) is 35.2 Å². The van der Waals surface area contributed by atoms with Crippen LogP contribution in [-0.4, -0.2) is 35.9 Å². The number of piperidine rings is 1. The fourth-order valence-corrected chi connectivity index (χ4v) is 3.77. The number of rotatable bonds is 6. The van der Waals surface area contributed by atoms with Crippen molar-refractivity contribution in [3.8, 4) is 5.75 Å². The number of hydrogen-bond donors (Lipinski definition) is 0. The van der Waals surface area contributed by atoms with Crippen molar-refractivity contribution in [2.45, 2.75) is 25.7 Å². The monoisotopic (exact) mass is 402 g/mol. The molecule has 1 aliphatic rings. The highest BCUT2D eigenvalue weighted by atomic mass is 35.5. The molecule has 2 aromatic rings. The molecule has 1 heterocycles. The van der Waals surface area contributed by atoms with Crippen LogP contribution < -0.4 is 4.74 Å². The summed E-state index contributed by atoms with van der Waals surface area (Å²) in [6.45, 7) is 1.21. The predicted molar refractivity (Wildman–Crippen MR) is 108 cm³/mol. The number of nitrogens with zero attached hydrogens (tertiary/aromatic N) is 2. The van der Waals surface area contributed by atoms with Crippen LogP contribution in [-0.2, 0) is 6.42 Å². The number of nitro groups is 1. The van der Waals surface area contributed by atoms with Gasteiger partial charge in [-0.15, -0.1) is 0 Å². The molecule has 0 N–H and O–H groups in total. The van der Waals surface area contributed by atoms with Gasteiger partial charge in [-0.05, 0) is 61.4 Å². The summed E-state index contributed by atoms with van der Waals surface area (Å²) in [7, 11) is 1.65. The molecule has 7 heteroatoms. The molecule has 148 valence electrons. The summed E-state index contributed by atoms with van der Waals surface area (Å²) >= 11 is 5.94. The number of methoxy groups -OCH3 is 1. The Morgan fingerprint density at radius 1 is 1.21 bits per heavy atom. The highest BCUT2D eigenvalue weighted by Crippen LogP contribution is 2.28. The highest BCUT2D eigenvalue weighted by molar-refractivity contribution is 6.31. The Bertz CT molecular complexity index is 846. The van der Waals surface area contributed by atoms with E-state index in [9.17, 15) is 14.9 Å². The molecule has 1 amide bonds. The Kier molecular flexibility index (Phi) is 6.52. The first-order valence-electron chi connectivity index (χ1n) is 9.34.